The molecule has 666 valence electrons. The first-order valence-corrected chi connectivity index (χ1v) is 40.1. The van der Waals surface area contributed by atoms with Crippen molar-refractivity contribution in [1.29, 1.82) is 0 Å². The third kappa shape index (κ3) is 36.9. The molecule has 27 N–H and O–H groups in total. The van der Waals surface area contributed by atoms with Gasteiger partial charge in [-0.3, -0.25) is 86.3 Å². The van der Waals surface area contributed by atoms with E-state index in [0.29, 0.717) is 67.1 Å². The van der Waals surface area contributed by atoms with Gasteiger partial charge >= 0.3 is 11.9 Å². The molecule has 1 aromatic heterocycles. The highest BCUT2D eigenvalue weighted by Crippen LogP contribution is 2.21. The highest BCUT2D eigenvalue weighted by atomic mass is 16.4. The summed E-state index contributed by atoms with van der Waals surface area (Å²) in [5.74, 6) is -19.4. The van der Waals surface area contributed by atoms with E-state index in [1.54, 1.807) is 58.2 Å². The second-order valence-electron chi connectivity index (χ2n) is 29.2. The lowest BCUT2D eigenvalue weighted by molar-refractivity contribution is -0.142. The number of nitrogens with two attached hydrogens (primary N) is 3. The largest absolute Gasteiger partial charge is 0.508 e. The van der Waals surface area contributed by atoms with Crippen molar-refractivity contribution in [3.8, 4) is 5.75 Å². The molecule has 0 aliphatic rings. The molecule has 0 aliphatic carbocycles. The summed E-state index contributed by atoms with van der Waals surface area (Å²) in [5.41, 5.74) is 18.7. The van der Waals surface area contributed by atoms with Gasteiger partial charge in [-0.05, 0) is 113 Å². The number of hydrogen-bond acceptors (Lipinski definition) is 23. The number of phenols is 1. The molecule has 0 radical (unpaired) electrons. The van der Waals surface area contributed by atoms with Gasteiger partial charge in [0.25, 0.3) is 0 Å². The van der Waals surface area contributed by atoms with E-state index in [0.717, 1.165) is 6.42 Å². The van der Waals surface area contributed by atoms with Crippen molar-refractivity contribution in [2.24, 2.45) is 29.0 Å². The zero-order valence-corrected chi connectivity index (χ0v) is 68.8. The fraction of sp³-hybridized carbons (Fsp3) is 0.590. The number of amides is 16. The number of aliphatic hydroxyl groups excluding tert-OH is 2. The van der Waals surface area contributed by atoms with Gasteiger partial charge in [0, 0.05) is 42.8 Å². The highest BCUT2D eigenvalue weighted by Gasteiger charge is 2.38. The van der Waals surface area contributed by atoms with E-state index in [4.69, 9.17) is 17.2 Å². The lowest BCUT2D eigenvalue weighted by Gasteiger charge is -2.28. The number of para-hydroxylation sites is 1. The van der Waals surface area contributed by atoms with Gasteiger partial charge in [0.2, 0.25) is 94.5 Å². The van der Waals surface area contributed by atoms with Crippen molar-refractivity contribution < 1.29 is 112 Å². The summed E-state index contributed by atoms with van der Waals surface area (Å²) in [6.07, 6.45) is 3.53. The normalized spacial score (nSPS) is 14.6. The summed E-state index contributed by atoms with van der Waals surface area (Å²) in [6.45, 7) is 7.12. The van der Waals surface area contributed by atoms with Crippen LogP contribution in [-0.2, 0) is 99.1 Å². The molecule has 14 atom stereocenters. The number of carboxylic acids is 2. The minimum atomic E-state index is -1.79. The monoisotopic (exact) mass is 1690 g/mol. The van der Waals surface area contributed by atoms with E-state index in [1.807, 2.05) is 6.92 Å². The number of primary amides is 1. The van der Waals surface area contributed by atoms with Crippen LogP contribution in [0.15, 0.2) is 54.7 Å². The standard InChI is InChI=1S/C78H121N19O23/c1-8-11-13-24-60(102)88-58(41-99)75(116)90-53(29-30-64(106)107)72(113)95-57(40-98)69(110)85-39-63(105)97-65(42(4)9-2)76(117)86-44(6)67(108)92-55(34-47-36-82-50-21-16-15-20-49(47)50)68(109)84-37-61(103)83-38-62(104)96-66(43(5)10-3)77(118)91-52(22-14-12-18-31-79)70(111)89-51(23-17-19-32-80)71(112)94-56(35-59(81)101)74(115)93-54(73(114)87-45(7)78(119)120)33-46-25-27-48(100)28-26-46/h15-16,20-21,25-28,36,42-45,51-58,65-66,82,98-100H,8-14,17-19,22-24,29-35,37-41,79-80H2,1-7H3,(H2,81,101)(H,83,103)(H,84,109)(H,85,110)(H,86,117)(H,87,114)(H,88,102)(H,89,111)(H,90,116)(H,91,118)(H,92,108)(H,93,115)(H,94,112)(H,95,113)(H,96,104)(H,97,105)(H,106,107)(H,119,120)/t42-,43-,44-,45-,51-,52-,53-,54-,55-,56-,57-,58-,65-,66?/m0/s1. The molecule has 0 saturated carbocycles. The lowest BCUT2D eigenvalue weighted by atomic mass is 9.97. The first-order chi connectivity index (χ1) is 56.9. The summed E-state index contributed by atoms with van der Waals surface area (Å²) in [7, 11) is 0. The molecule has 3 rings (SSSR count). The van der Waals surface area contributed by atoms with Crippen LogP contribution in [0.1, 0.15) is 162 Å². The summed E-state index contributed by atoms with van der Waals surface area (Å²) in [5, 5.41) is 85.8. The van der Waals surface area contributed by atoms with Crippen LogP contribution in [0.4, 0.5) is 0 Å². The number of hydrogen-bond donors (Lipinski definition) is 24. The zero-order chi connectivity index (χ0) is 89.7. The second kappa shape index (κ2) is 54.2. The molecule has 42 nitrogen and oxygen atoms in total. The molecule has 0 aliphatic heterocycles. The minimum Gasteiger partial charge on any atom is -0.508 e. The topological polar surface area (TPSA) is 683 Å². The summed E-state index contributed by atoms with van der Waals surface area (Å²) in [4.78, 5) is 244. The smallest absolute Gasteiger partial charge is 0.325 e. The maximum Gasteiger partial charge on any atom is 0.325 e. The van der Waals surface area contributed by atoms with Gasteiger partial charge in [-0.25, -0.2) is 0 Å². The van der Waals surface area contributed by atoms with Crippen molar-refractivity contribution in [2.45, 2.75) is 237 Å². The van der Waals surface area contributed by atoms with E-state index in [2.05, 4.69) is 84.7 Å². The third-order valence-corrected chi connectivity index (χ3v) is 19.5. The van der Waals surface area contributed by atoms with Crippen LogP contribution in [0.3, 0.4) is 0 Å². The zero-order valence-electron chi connectivity index (χ0n) is 68.8. The van der Waals surface area contributed by atoms with E-state index in [-0.39, 0.29) is 63.7 Å². The Morgan fingerprint density at radius 1 is 0.408 bits per heavy atom. The van der Waals surface area contributed by atoms with Gasteiger partial charge in [-0.2, -0.15) is 0 Å². The van der Waals surface area contributed by atoms with Crippen LogP contribution >= 0.6 is 0 Å². The fourth-order valence-corrected chi connectivity index (χ4v) is 12.0. The van der Waals surface area contributed by atoms with Crippen LogP contribution in [0.25, 0.3) is 10.9 Å². The minimum absolute atomic E-state index is 0.0244. The van der Waals surface area contributed by atoms with Crippen molar-refractivity contribution in [3.05, 3.63) is 65.9 Å². The Hall–Kier alpha value is -11.9. The van der Waals surface area contributed by atoms with Crippen LogP contribution in [-0.4, -0.2) is 255 Å². The molecule has 3 aromatic rings. The molecular formula is C78H121N19O23. The number of unbranched alkanes of at least 4 members (excludes halogenated alkanes) is 5. The molecule has 1 unspecified atom stereocenters. The van der Waals surface area contributed by atoms with Crippen molar-refractivity contribution in [2.75, 3.05) is 45.9 Å². The van der Waals surface area contributed by atoms with Gasteiger partial charge < -0.3 is 127 Å². The fourth-order valence-electron chi connectivity index (χ4n) is 12.0. The number of H-pyrrole nitrogens is 1. The molecule has 120 heavy (non-hydrogen) atoms. The predicted octanol–water partition coefficient (Wildman–Crippen LogP) is -5.01. The van der Waals surface area contributed by atoms with E-state index in [9.17, 15) is 112 Å². The van der Waals surface area contributed by atoms with Gasteiger partial charge in [-0.1, -0.05) is 103 Å². The quantitative estimate of drug-likeness (QED) is 0.0235. The molecule has 0 saturated heterocycles. The lowest BCUT2D eigenvalue weighted by Crippen LogP contribution is -2.60. The molecule has 1 heterocycles. The average molecular weight is 1690 g/mol. The third-order valence-electron chi connectivity index (χ3n) is 19.5. The van der Waals surface area contributed by atoms with E-state index < -0.39 is 243 Å². The number of aromatic nitrogens is 1. The first kappa shape index (κ1) is 102. The Kier molecular flexibility index (Phi) is 46.2. The van der Waals surface area contributed by atoms with Crippen LogP contribution in [0.2, 0.25) is 0 Å². The van der Waals surface area contributed by atoms with Crippen molar-refractivity contribution >= 4 is 117 Å². The van der Waals surface area contributed by atoms with E-state index >= 15 is 0 Å². The molecule has 0 spiro atoms. The van der Waals surface area contributed by atoms with Crippen LogP contribution in [0.5, 0.6) is 5.75 Å². The van der Waals surface area contributed by atoms with Crippen LogP contribution < -0.4 is 97.0 Å². The Labute approximate surface area is 694 Å². The SMILES string of the molecule is CCCCCC(=O)N[C@@H](CO)C(=O)N[C@@H](CCC(=O)O)C(=O)N[C@@H](CO)C(=O)NCC(=O)N[C@H](C(=O)N[C@@H](C)C(=O)N[C@@H](Cc1c[nH]c2ccccc12)C(=O)NCC(=O)NCC(=O)NC(C(=O)N[C@@H](CCCCCN)C(=O)N[C@@H](CCCCN)C(=O)N[C@@H](CC(N)=O)C(=O)N[C@@H](Cc1ccc(O)cc1)C(=O)N[C@@H](C)C(=O)O)[C@@H](C)CC)[C@@H](C)CC. The number of nitrogens with one attached hydrogen (secondary N) is 16. The number of carbonyl (C=O) groups is 18. The molecule has 42 heteroatoms. The Morgan fingerprint density at radius 3 is 1.39 bits per heavy atom. The second-order valence-corrected chi connectivity index (χ2v) is 29.2. The Morgan fingerprint density at radius 2 is 0.850 bits per heavy atom. The molecule has 16 amide bonds. The van der Waals surface area contributed by atoms with Gasteiger partial charge in [0.1, 0.15) is 78.3 Å². The summed E-state index contributed by atoms with van der Waals surface area (Å²) < 4.78 is 0. The average Bonchev–Trinajstić information content (AvgIpc) is 1.70. The van der Waals surface area contributed by atoms with Crippen molar-refractivity contribution in [1.82, 2.24) is 84.7 Å². The number of carbonyl (C=O) groups excluding carboxylic acids is 16. The van der Waals surface area contributed by atoms with Gasteiger partial charge in [0.15, 0.2) is 0 Å². The van der Waals surface area contributed by atoms with Crippen molar-refractivity contribution in [3.63, 3.8) is 0 Å². The Bertz CT molecular complexity index is 3960. The molecule has 0 bridgehead atoms. The van der Waals surface area contributed by atoms with Gasteiger partial charge in [0.05, 0.1) is 39.3 Å². The predicted molar refractivity (Wildman–Crippen MR) is 433 cm³/mol. The molecular weight excluding hydrogens is 1570 g/mol. The number of fused-ring (bicyclic) bond motifs is 1. The maximum atomic E-state index is 14.5. The summed E-state index contributed by atoms with van der Waals surface area (Å²) in [6, 6.07) is -5.66. The number of rotatable bonds is 58. The number of aromatic hydroxyl groups is 1. The highest BCUT2D eigenvalue weighted by molar-refractivity contribution is 6.01. The summed E-state index contributed by atoms with van der Waals surface area (Å²) >= 11 is 0. The Balaban J connectivity index is 1.77. The number of aliphatic carboxylic acids is 2. The number of carboxylic acid groups (broad SMARTS) is 2. The number of aliphatic hydroxyl groups is 2. The first-order valence-electron chi connectivity index (χ1n) is 40.1. The number of phenolic OH excluding ortho intramolecular Hbond substituents is 1. The van der Waals surface area contributed by atoms with Gasteiger partial charge in [-0.15, -0.1) is 0 Å². The van der Waals surface area contributed by atoms with Crippen LogP contribution in [0, 0.1) is 11.8 Å². The number of benzene rings is 2. The number of aromatic amines is 1. The van der Waals surface area contributed by atoms with E-state index in [1.165, 1.54) is 38.1 Å². The molecule has 2 aromatic carbocycles. The molecule has 0 fully saturated rings. The maximum absolute atomic E-state index is 14.5.